The Morgan fingerprint density at radius 2 is 1.61 bits per heavy atom. The summed E-state index contributed by atoms with van der Waals surface area (Å²) >= 11 is 0. The highest BCUT2D eigenvalue weighted by Crippen LogP contribution is 2.35. The molecule has 3 aromatic rings. The Morgan fingerprint density at radius 3 is 2.39 bits per heavy atom. The summed E-state index contributed by atoms with van der Waals surface area (Å²) in [5.41, 5.74) is 2.93. The van der Waals surface area contributed by atoms with Crippen LogP contribution in [0.1, 0.15) is 11.1 Å². The zero-order chi connectivity index (χ0) is 16.0. The van der Waals surface area contributed by atoms with Gasteiger partial charge >= 0.3 is 0 Å². The van der Waals surface area contributed by atoms with Gasteiger partial charge in [0.05, 0.1) is 5.69 Å². The van der Waals surface area contributed by atoms with Gasteiger partial charge in [-0.25, -0.2) is 12.8 Å². The second kappa shape index (κ2) is 5.06. The van der Waals surface area contributed by atoms with Crippen molar-refractivity contribution in [3.63, 3.8) is 0 Å². The summed E-state index contributed by atoms with van der Waals surface area (Å²) in [6, 6.07) is 15.0. The first-order valence-electron chi connectivity index (χ1n) is 7.37. The molecule has 0 aromatic heterocycles. The van der Waals surface area contributed by atoms with Crippen LogP contribution in [0.15, 0.2) is 59.5 Å². The van der Waals surface area contributed by atoms with Crippen molar-refractivity contribution in [1.82, 2.24) is 0 Å². The van der Waals surface area contributed by atoms with Crippen molar-refractivity contribution < 1.29 is 12.8 Å². The lowest BCUT2D eigenvalue weighted by atomic mass is 10.0. The van der Waals surface area contributed by atoms with Crippen LogP contribution in [0.3, 0.4) is 0 Å². The molecular formula is C18H14FNO2S. The Bertz CT molecular complexity index is 1020. The summed E-state index contributed by atoms with van der Waals surface area (Å²) in [6.45, 7) is 0. The Labute approximate surface area is 133 Å². The van der Waals surface area contributed by atoms with Crippen LogP contribution in [-0.4, -0.2) is 8.42 Å². The molecule has 1 N–H and O–H groups in total. The molecule has 0 aliphatic heterocycles. The van der Waals surface area contributed by atoms with Crippen LogP contribution in [0, 0.1) is 5.82 Å². The molecule has 1 aliphatic carbocycles. The van der Waals surface area contributed by atoms with Gasteiger partial charge in [-0.3, -0.25) is 4.72 Å². The van der Waals surface area contributed by atoms with Gasteiger partial charge in [-0.2, -0.15) is 0 Å². The Kier molecular flexibility index (Phi) is 3.13. The standard InChI is InChI=1S/C18H14FNO2S/c19-15-6-1-2-7-17(15)23(21,22)20-16-11-10-13-9-8-12-4-3-5-14(16)18(12)13/h1-7,10-11,20H,8-9H2. The molecule has 5 heteroatoms. The SMILES string of the molecule is O=S(=O)(Nc1ccc2c3c(cccc13)CC2)c1ccccc1F. The van der Waals surface area contributed by atoms with Crippen LogP contribution in [0.25, 0.3) is 10.8 Å². The molecule has 3 aromatic carbocycles. The second-order valence-corrected chi connectivity index (χ2v) is 7.30. The predicted octanol–water partition coefficient (Wildman–Crippen LogP) is 3.88. The van der Waals surface area contributed by atoms with Gasteiger partial charge in [0.15, 0.2) is 0 Å². The third kappa shape index (κ3) is 2.28. The maximum absolute atomic E-state index is 13.8. The molecule has 23 heavy (non-hydrogen) atoms. The van der Waals surface area contributed by atoms with E-state index in [0.717, 1.165) is 29.7 Å². The van der Waals surface area contributed by atoms with Crippen LogP contribution in [0.2, 0.25) is 0 Å². The van der Waals surface area contributed by atoms with Crippen LogP contribution in [0.5, 0.6) is 0 Å². The smallest absolute Gasteiger partial charge is 0.264 e. The van der Waals surface area contributed by atoms with E-state index in [0.29, 0.717) is 5.69 Å². The lowest BCUT2D eigenvalue weighted by Gasteiger charge is -2.12. The highest BCUT2D eigenvalue weighted by atomic mass is 32.2. The zero-order valence-corrected chi connectivity index (χ0v) is 13.0. The Balaban J connectivity index is 1.84. The average Bonchev–Trinajstić information content (AvgIpc) is 2.95. The summed E-state index contributed by atoms with van der Waals surface area (Å²) in [5.74, 6) is -0.758. The fraction of sp³-hybridized carbons (Fsp3) is 0.111. The van der Waals surface area contributed by atoms with Crippen molar-refractivity contribution >= 4 is 26.5 Å². The van der Waals surface area contributed by atoms with Crippen LogP contribution in [0.4, 0.5) is 10.1 Å². The minimum Gasteiger partial charge on any atom is -0.279 e. The molecule has 0 heterocycles. The number of benzene rings is 3. The predicted molar refractivity (Wildman–Crippen MR) is 88.6 cm³/mol. The fourth-order valence-electron chi connectivity index (χ4n) is 3.20. The number of aryl methyl sites for hydroxylation is 2. The lowest BCUT2D eigenvalue weighted by molar-refractivity contribution is 0.570. The van der Waals surface area contributed by atoms with E-state index >= 15 is 0 Å². The molecule has 0 bridgehead atoms. The molecule has 0 unspecified atom stereocenters. The lowest BCUT2D eigenvalue weighted by Crippen LogP contribution is -2.14. The van der Waals surface area contributed by atoms with Gasteiger partial charge in [-0.1, -0.05) is 36.4 Å². The number of sulfonamides is 1. The van der Waals surface area contributed by atoms with E-state index in [-0.39, 0.29) is 4.90 Å². The Morgan fingerprint density at radius 1 is 0.870 bits per heavy atom. The zero-order valence-electron chi connectivity index (χ0n) is 12.2. The number of halogens is 1. The number of hydrogen-bond donors (Lipinski definition) is 1. The summed E-state index contributed by atoms with van der Waals surface area (Å²) in [4.78, 5) is -0.344. The van der Waals surface area contributed by atoms with Crippen LogP contribution < -0.4 is 4.72 Å². The van der Waals surface area contributed by atoms with Gasteiger partial charge in [-0.05, 0) is 47.6 Å². The van der Waals surface area contributed by atoms with Gasteiger partial charge < -0.3 is 0 Å². The maximum atomic E-state index is 13.8. The van der Waals surface area contributed by atoms with Gasteiger partial charge in [0.2, 0.25) is 0 Å². The number of hydrogen-bond acceptors (Lipinski definition) is 2. The Hall–Kier alpha value is -2.40. The van der Waals surface area contributed by atoms with Crippen LogP contribution >= 0.6 is 0 Å². The quantitative estimate of drug-likeness (QED) is 0.793. The van der Waals surface area contributed by atoms with Gasteiger partial charge in [-0.15, -0.1) is 0 Å². The molecule has 0 spiro atoms. The molecule has 0 saturated carbocycles. The average molecular weight is 327 g/mol. The first kappa shape index (κ1) is 14.2. The van der Waals surface area contributed by atoms with E-state index in [1.165, 1.54) is 29.3 Å². The van der Waals surface area contributed by atoms with Crippen molar-refractivity contribution in [3.05, 3.63) is 71.5 Å². The highest BCUT2D eigenvalue weighted by molar-refractivity contribution is 7.92. The normalized spacial score (nSPS) is 13.4. The summed E-state index contributed by atoms with van der Waals surface area (Å²) < 4.78 is 41.4. The molecule has 116 valence electrons. The van der Waals surface area contributed by atoms with Crippen molar-refractivity contribution in [2.75, 3.05) is 4.72 Å². The molecule has 1 aliphatic rings. The van der Waals surface area contributed by atoms with Gasteiger partial charge in [0.25, 0.3) is 10.0 Å². The second-order valence-electron chi connectivity index (χ2n) is 5.65. The minimum absolute atomic E-state index is 0.344. The van der Waals surface area contributed by atoms with E-state index in [1.807, 2.05) is 18.2 Å². The molecule has 4 rings (SSSR count). The van der Waals surface area contributed by atoms with Crippen LogP contribution in [-0.2, 0) is 22.9 Å². The third-order valence-electron chi connectivity index (χ3n) is 4.25. The third-order valence-corrected chi connectivity index (χ3v) is 5.65. The van der Waals surface area contributed by atoms with Gasteiger partial charge in [0, 0.05) is 5.39 Å². The van der Waals surface area contributed by atoms with Crippen molar-refractivity contribution in [3.8, 4) is 0 Å². The first-order valence-corrected chi connectivity index (χ1v) is 8.85. The molecule has 3 nitrogen and oxygen atoms in total. The van der Waals surface area contributed by atoms with E-state index in [1.54, 1.807) is 6.07 Å². The molecule has 0 saturated heterocycles. The summed E-state index contributed by atoms with van der Waals surface area (Å²) in [7, 11) is -3.97. The van der Waals surface area contributed by atoms with Crippen molar-refractivity contribution in [2.24, 2.45) is 0 Å². The number of anilines is 1. The summed E-state index contributed by atoms with van der Waals surface area (Å²) in [6.07, 6.45) is 1.94. The van der Waals surface area contributed by atoms with E-state index in [4.69, 9.17) is 0 Å². The molecule has 0 radical (unpaired) electrons. The largest absolute Gasteiger partial charge is 0.279 e. The van der Waals surface area contributed by atoms with E-state index in [9.17, 15) is 12.8 Å². The summed E-state index contributed by atoms with van der Waals surface area (Å²) in [5, 5.41) is 1.97. The number of nitrogens with one attached hydrogen (secondary N) is 1. The van der Waals surface area contributed by atoms with Crippen molar-refractivity contribution in [2.45, 2.75) is 17.7 Å². The minimum atomic E-state index is -3.97. The number of rotatable bonds is 3. The molecule has 0 amide bonds. The van der Waals surface area contributed by atoms with E-state index in [2.05, 4.69) is 10.8 Å². The molecule has 0 atom stereocenters. The first-order chi connectivity index (χ1) is 11.1. The monoisotopic (exact) mass is 327 g/mol. The van der Waals surface area contributed by atoms with Crippen molar-refractivity contribution in [1.29, 1.82) is 0 Å². The fourth-order valence-corrected chi connectivity index (χ4v) is 4.36. The maximum Gasteiger partial charge on any atom is 0.264 e. The topological polar surface area (TPSA) is 46.2 Å². The molecule has 0 fully saturated rings. The highest BCUT2D eigenvalue weighted by Gasteiger charge is 2.21. The van der Waals surface area contributed by atoms with E-state index < -0.39 is 15.8 Å². The van der Waals surface area contributed by atoms with Gasteiger partial charge in [0.1, 0.15) is 10.7 Å². The molecular weight excluding hydrogens is 313 g/mol.